The Bertz CT molecular complexity index is 946. The zero-order chi connectivity index (χ0) is 22.2. The van der Waals surface area contributed by atoms with Gasteiger partial charge < -0.3 is 14.4 Å². The summed E-state index contributed by atoms with van der Waals surface area (Å²) in [6, 6.07) is 8.77. The van der Waals surface area contributed by atoms with Crippen LogP contribution in [0.3, 0.4) is 0 Å². The number of carbonyl (C=O) groups excluding carboxylic acids is 3. The van der Waals surface area contributed by atoms with E-state index >= 15 is 0 Å². The van der Waals surface area contributed by atoms with Crippen LogP contribution in [0, 0.1) is 5.92 Å². The third-order valence-corrected chi connectivity index (χ3v) is 6.01. The number of nitrogens with zero attached hydrogens (tertiary/aromatic N) is 2. The topological polar surface area (TPSA) is 85.3 Å². The minimum absolute atomic E-state index is 0.0954. The standard InChI is InChI=1S/C24H28N2O5/c1-23(2,3)31-22(29)25-18-11-7-10-17-14-24(17)13-12-19(26(24)20(18)27)21(28)30-15-16-8-5-4-6-9-16/h4-10,17,19H,11-15H2,1-3H3/b10-7-,25-18-/t17?,19-,24?/m0/s1. The van der Waals surface area contributed by atoms with Crippen molar-refractivity contribution in [1.29, 1.82) is 0 Å². The maximum absolute atomic E-state index is 13.4. The molecule has 0 bridgehead atoms. The predicted molar refractivity (Wildman–Crippen MR) is 114 cm³/mol. The Kier molecular flexibility index (Phi) is 5.45. The zero-order valence-electron chi connectivity index (χ0n) is 18.2. The molecule has 2 unspecified atom stereocenters. The second kappa shape index (κ2) is 7.94. The molecule has 31 heavy (non-hydrogen) atoms. The number of carbonyl (C=O) groups is 3. The van der Waals surface area contributed by atoms with Gasteiger partial charge in [0.1, 0.15) is 24.0 Å². The molecule has 2 heterocycles. The lowest BCUT2D eigenvalue weighted by molar-refractivity contribution is -0.154. The van der Waals surface area contributed by atoms with Gasteiger partial charge in [-0.3, -0.25) is 4.79 Å². The van der Waals surface area contributed by atoms with Gasteiger partial charge in [-0.2, -0.15) is 4.99 Å². The zero-order valence-corrected chi connectivity index (χ0v) is 18.2. The van der Waals surface area contributed by atoms with Gasteiger partial charge in [0.25, 0.3) is 5.91 Å². The molecule has 1 saturated heterocycles. The van der Waals surface area contributed by atoms with Crippen LogP contribution in [0.5, 0.6) is 0 Å². The summed E-state index contributed by atoms with van der Waals surface area (Å²) >= 11 is 0. The fourth-order valence-corrected chi connectivity index (χ4v) is 4.53. The Morgan fingerprint density at radius 3 is 2.68 bits per heavy atom. The van der Waals surface area contributed by atoms with Crippen LogP contribution in [0.4, 0.5) is 4.79 Å². The molecule has 3 atom stereocenters. The second-order valence-electron chi connectivity index (χ2n) is 9.41. The van der Waals surface area contributed by atoms with E-state index in [1.54, 1.807) is 25.7 Å². The van der Waals surface area contributed by atoms with Crippen molar-refractivity contribution in [3.8, 4) is 0 Å². The van der Waals surface area contributed by atoms with Crippen LogP contribution in [-0.4, -0.2) is 45.8 Å². The molecule has 3 aliphatic rings. The van der Waals surface area contributed by atoms with E-state index in [0.717, 1.165) is 18.4 Å². The van der Waals surface area contributed by atoms with Gasteiger partial charge in [-0.15, -0.1) is 0 Å². The van der Waals surface area contributed by atoms with Crippen molar-refractivity contribution in [2.75, 3.05) is 0 Å². The van der Waals surface area contributed by atoms with Crippen LogP contribution in [0.2, 0.25) is 0 Å². The normalized spacial score (nSPS) is 29.5. The molecule has 2 amide bonds. The average Bonchev–Trinajstić information content (AvgIpc) is 3.24. The summed E-state index contributed by atoms with van der Waals surface area (Å²) in [6.45, 7) is 5.39. The quantitative estimate of drug-likeness (QED) is 0.544. The summed E-state index contributed by atoms with van der Waals surface area (Å²) in [5, 5.41) is 0. The summed E-state index contributed by atoms with van der Waals surface area (Å²) < 4.78 is 10.8. The number of aliphatic imine (C=N–C) groups is 1. The van der Waals surface area contributed by atoms with Gasteiger partial charge in [0.05, 0.1) is 5.54 Å². The number of hydrogen-bond acceptors (Lipinski definition) is 5. The Balaban J connectivity index is 1.54. The molecular weight excluding hydrogens is 396 g/mol. The van der Waals surface area contributed by atoms with E-state index in [1.807, 2.05) is 36.4 Å². The number of ether oxygens (including phenoxy) is 2. The van der Waals surface area contributed by atoms with E-state index in [4.69, 9.17) is 9.47 Å². The smallest absolute Gasteiger partial charge is 0.434 e. The van der Waals surface area contributed by atoms with E-state index in [0.29, 0.717) is 6.42 Å². The van der Waals surface area contributed by atoms with Crippen LogP contribution < -0.4 is 0 Å². The second-order valence-corrected chi connectivity index (χ2v) is 9.41. The number of amides is 2. The molecule has 0 N–H and O–H groups in total. The van der Waals surface area contributed by atoms with Crippen LogP contribution in [-0.2, 0) is 25.7 Å². The van der Waals surface area contributed by atoms with Gasteiger partial charge >= 0.3 is 12.1 Å². The molecule has 1 aromatic carbocycles. The predicted octanol–water partition coefficient (Wildman–Crippen LogP) is 3.82. The van der Waals surface area contributed by atoms with Crippen molar-refractivity contribution in [1.82, 2.24) is 4.90 Å². The van der Waals surface area contributed by atoms with Gasteiger partial charge in [0.15, 0.2) is 0 Å². The van der Waals surface area contributed by atoms with E-state index < -0.39 is 23.7 Å². The van der Waals surface area contributed by atoms with Gasteiger partial charge in [0, 0.05) is 12.3 Å². The van der Waals surface area contributed by atoms with Crippen molar-refractivity contribution in [2.45, 2.75) is 70.2 Å². The molecule has 164 valence electrons. The van der Waals surface area contributed by atoms with Crippen molar-refractivity contribution < 1.29 is 23.9 Å². The van der Waals surface area contributed by atoms with Crippen LogP contribution >= 0.6 is 0 Å². The molecule has 4 rings (SSSR count). The number of allylic oxidation sites excluding steroid dienone is 1. The van der Waals surface area contributed by atoms with E-state index in [2.05, 4.69) is 11.1 Å². The lowest BCUT2D eigenvalue weighted by Gasteiger charge is -2.31. The molecule has 1 spiro atoms. The van der Waals surface area contributed by atoms with Gasteiger partial charge in [0.2, 0.25) is 0 Å². The van der Waals surface area contributed by atoms with Crippen LogP contribution in [0.15, 0.2) is 47.5 Å². The molecule has 1 aliphatic carbocycles. The summed E-state index contributed by atoms with van der Waals surface area (Å²) in [5.74, 6) is -0.566. The fraction of sp³-hybridized carbons (Fsp3) is 0.500. The molecule has 1 saturated carbocycles. The third-order valence-electron chi connectivity index (χ3n) is 6.01. The van der Waals surface area contributed by atoms with Crippen LogP contribution in [0.25, 0.3) is 0 Å². The minimum atomic E-state index is -0.798. The number of hydrogen-bond donors (Lipinski definition) is 0. The van der Waals surface area contributed by atoms with Crippen molar-refractivity contribution >= 4 is 23.7 Å². The fourth-order valence-electron chi connectivity index (χ4n) is 4.53. The van der Waals surface area contributed by atoms with Crippen molar-refractivity contribution in [2.24, 2.45) is 10.9 Å². The van der Waals surface area contributed by atoms with Crippen LogP contribution in [0.1, 0.15) is 52.0 Å². The van der Waals surface area contributed by atoms with Gasteiger partial charge in [-0.25, -0.2) is 9.59 Å². The lowest BCUT2D eigenvalue weighted by atomic mass is 10.1. The Labute approximate surface area is 182 Å². The minimum Gasteiger partial charge on any atom is -0.459 e. The van der Waals surface area contributed by atoms with Gasteiger partial charge in [-0.05, 0) is 45.6 Å². The summed E-state index contributed by atoms with van der Waals surface area (Å²) in [4.78, 5) is 44.2. The molecule has 2 fully saturated rings. The third kappa shape index (κ3) is 4.40. The first kappa shape index (κ1) is 21.3. The SMILES string of the molecule is CC(C)(C)OC(=O)/N=C1/C/C=C\C2CC23CC[C@@H](C(=O)OCc2ccccc2)N3C1=O. The van der Waals surface area contributed by atoms with Crippen molar-refractivity contribution in [3.05, 3.63) is 48.0 Å². The highest BCUT2D eigenvalue weighted by atomic mass is 16.6. The Hall–Kier alpha value is -2.96. The highest BCUT2D eigenvalue weighted by molar-refractivity contribution is 6.41. The highest BCUT2D eigenvalue weighted by Gasteiger charge is 2.65. The molecule has 1 aromatic rings. The number of rotatable bonds is 3. The molecule has 0 radical (unpaired) electrons. The van der Waals surface area contributed by atoms with E-state index in [9.17, 15) is 14.4 Å². The highest BCUT2D eigenvalue weighted by Crippen LogP contribution is 2.58. The molecule has 7 heteroatoms. The summed E-state index contributed by atoms with van der Waals surface area (Å²) in [7, 11) is 0. The maximum atomic E-state index is 13.4. The van der Waals surface area contributed by atoms with E-state index in [-0.39, 0.29) is 36.1 Å². The first-order chi connectivity index (χ1) is 14.7. The number of benzene rings is 1. The van der Waals surface area contributed by atoms with Crippen molar-refractivity contribution in [3.63, 3.8) is 0 Å². The van der Waals surface area contributed by atoms with E-state index in [1.165, 1.54) is 0 Å². The summed E-state index contributed by atoms with van der Waals surface area (Å²) in [5.41, 5.74) is -0.0963. The average molecular weight is 424 g/mol. The lowest BCUT2D eigenvalue weighted by Crippen LogP contribution is -2.50. The molecular formula is C24H28N2O5. The first-order valence-corrected chi connectivity index (χ1v) is 10.7. The number of esters is 1. The molecule has 7 nitrogen and oxygen atoms in total. The maximum Gasteiger partial charge on any atom is 0.434 e. The molecule has 0 aromatic heterocycles. The molecule has 2 aliphatic heterocycles. The Morgan fingerprint density at radius 1 is 1.23 bits per heavy atom. The Morgan fingerprint density at radius 2 is 1.97 bits per heavy atom. The van der Waals surface area contributed by atoms with Gasteiger partial charge in [-0.1, -0.05) is 42.5 Å². The monoisotopic (exact) mass is 424 g/mol. The summed E-state index contributed by atoms with van der Waals surface area (Å²) in [6.07, 6.45) is 5.49. The first-order valence-electron chi connectivity index (χ1n) is 10.7. The largest absolute Gasteiger partial charge is 0.459 e.